The van der Waals surface area contributed by atoms with Crippen LogP contribution in [0.3, 0.4) is 0 Å². The molecular formula is C20H24N4O5S. The van der Waals surface area contributed by atoms with Gasteiger partial charge in [-0.15, -0.1) is 0 Å². The van der Waals surface area contributed by atoms with E-state index < -0.39 is 21.6 Å². The van der Waals surface area contributed by atoms with Crippen molar-refractivity contribution < 1.29 is 18.3 Å². The molecule has 1 aromatic carbocycles. The number of sulfonamides is 1. The molecule has 3 aromatic rings. The van der Waals surface area contributed by atoms with Gasteiger partial charge in [0.15, 0.2) is 0 Å². The minimum absolute atomic E-state index is 0.0626. The van der Waals surface area contributed by atoms with Crippen LogP contribution in [0, 0.1) is 0 Å². The molecule has 10 heteroatoms. The summed E-state index contributed by atoms with van der Waals surface area (Å²) in [5.41, 5.74) is -0.0596. The van der Waals surface area contributed by atoms with E-state index in [0.29, 0.717) is 17.4 Å². The number of aromatic amines is 2. The number of H-pyrrole nitrogens is 2. The molecule has 1 aliphatic heterocycles. The highest BCUT2D eigenvalue weighted by molar-refractivity contribution is 7.89. The zero-order valence-corrected chi connectivity index (χ0v) is 17.5. The Bertz CT molecular complexity index is 1290. The second kappa shape index (κ2) is 7.53. The SMILES string of the molecule is CC(C)N(C[C@@H]1CCCN1)S(=O)(=O)c1ccc2[nH]c(=O)c3[nH]cc(C(=O)O)c3c2c1. The van der Waals surface area contributed by atoms with Crippen molar-refractivity contribution in [2.24, 2.45) is 0 Å². The Morgan fingerprint density at radius 3 is 2.73 bits per heavy atom. The molecule has 1 aliphatic rings. The third-order valence-corrected chi connectivity index (χ3v) is 7.63. The first-order valence-corrected chi connectivity index (χ1v) is 11.3. The Balaban J connectivity index is 1.88. The van der Waals surface area contributed by atoms with E-state index in [1.165, 1.54) is 28.7 Å². The first kappa shape index (κ1) is 20.6. The number of hydrogen-bond donors (Lipinski definition) is 4. The van der Waals surface area contributed by atoms with E-state index in [2.05, 4.69) is 15.3 Å². The Morgan fingerprint density at radius 1 is 1.33 bits per heavy atom. The maximum absolute atomic E-state index is 13.5. The van der Waals surface area contributed by atoms with Gasteiger partial charge < -0.3 is 20.4 Å². The van der Waals surface area contributed by atoms with Crippen LogP contribution in [0.2, 0.25) is 0 Å². The molecule has 4 rings (SSSR count). The lowest BCUT2D eigenvalue weighted by Gasteiger charge is -2.28. The van der Waals surface area contributed by atoms with Crippen molar-refractivity contribution in [1.29, 1.82) is 0 Å². The van der Waals surface area contributed by atoms with Crippen LogP contribution in [-0.2, 0) is 10.0 Å². The van der Waals surface area contributed by atoms with Gasteiger partial charge in [-0.2, -0.15) is 4.31 Å². The molecule has 30 heavy (non-hydrogen) atoms. The minimum atomic E-state index is -3.83. The number of nitrogens with one attached hydrogen (secondary N) is 3. The van der Waals surface area contributed by atoms with E-state index in [1.807, 2.05) is 13.8 Å². The lowest BCUT2D eigenvalue weighted by Crippen LogP contribution is -2.44. The van der Waals surface area contributed by atoms with E-state index in [4.69, 9.17) is 0 Å². The summed E-state index contributed by atoms with van der Waals surface area (Å²) in [5, 5.41) is 13.4. The van der Waals surface area contributed by atoms with Gasteiger partial charge in [-0.1, -0.05) is 0 Å². The van der Waals surface area contributed by atoms with Gasteiger partial charge in [0.05, 0.1) is 10.5 Å². The molecule has 160 valence electrons. The summed E-state index contributed by atoms with van der Waals surface area (Å²) < 4.78 is 28.4. The summed E-state index contributed by atoms with van der Waals surface area (Å²) in [6.07, 6.45) is 3.18. The number of aromatic nitrogens is 2. The monoisotopic (exact) mass is 432 g/mol. The summed E-state index contributed by atoms with van der Waals surface area (Å²) in [5.74, 6) is -1.20. The Kier molecular flexibility index (Phi) is 5.16. The van der Waals surface area contributed by atoms with Gasteiger partial charge in [-0.25, -0.2) is 13.2 Å². The topological polar surface area (TPSA) is 135 Å². The maximum atomic E-state index is 13.5. The van der Waals surface area contributed by atoms with Gasteiger partial charge in [-0.05, 0) is 51.4 Å². The molecule has 0 amide bonds. The minimum Gasteiger partial charge on any atom is -0.478 e. The Morgan fingerprint density at radius 2 is 2.10 bits per heavy atom. The summed E-state index contributed by atoms with van der Waals surface area (Å²) >= 11 is 0. The van der Waals surface area contributed by atoms with Crippen molar-refractivity contribution in [2.75, 3.05) is 13.1 Å². The molecule has 2 aromatic heterocycles. The first-order chi connectivity index (χ1) is 14.2. The number of carboxylic acid groups (broad SMARTS) is 1. The Labute approximate surface area is 173 Å². The van der Waals surface area contributed by atoms with Crippen molar-refractivity contribution >= 4 is 37.8 Å². The summed E-state index contributed by atoms with van der Waals surface area (Å²) in [7, 11) is -3.83. The fourth-order valence-corrected chi connectivity index (χ4v) is 5.80. The molecule has 9 nitrogen and oxygen atoms in total. The highest BCUT2D eigenvalue weighted by Gasteiger charge is 2.31. The fraction of sp³-hybridized carbons (Fsp3) is 0.400. The van der Waals surface area contributed by atoms with Crippen molar-refractivity contribution in [3.8, 4) is 0 Å². The number of fused-ring (bicyclic) bond motifs is 3. The third kappa shape index (κ3) is 3.40. The molecule has 4 N–H and O–H groups in total. The second-order valence-electron chi connectivity index (χ2n) is 7.88. The Hall–Kier alpha value is -2.69. The lowest BCUT2D eigenvalue weighted by atomic mass is 10.1. The average molecular weight is 433 g/mol. The summed E-state index contributed by atoms with van der Waals surface area (Å²) in [6, 6.07) is 4.26. The highest BCUT2D eigenvalue weighted by atomic mass is 32.2. The predicted molar refractivity (Wildman–Crippen MR) is 113 cm³/mol. The van der Waals surface area contributed by atoms with Crippen LogP contribution in [0.1, 0.15) is 37.0 Å². The lowest BCUT2D eigenvalue weighted by molar-refractivity contribution is 0.0699. The van der Waals surface area contributed by atoms with E-state index in [9.17, 15) is 23.1 Å². The van der Waals surface area contributed by atoms with Gasteiger partial charge in [-0.3, -0.25) is 4.79 Å². The number of nitrogens with zero attached hydrogens (tertiary/aromatic N) is 1. The largest absolute Gasteiger partial charge is 0.478 e. The first-order valence-electron chi connectivity index (χ1n) is 9.86. The smallest absolute Gasteiger partial charge is 0.337 e. The van der Waals surface area contributed by atoms with Crippen molar-refractivity contribution in [2.45, 2.75) is 43.7 Å². The third-order valence-electron chi connectivity index (χ3n) is 5.59. The van der Waals surface area contributed by atoms with Crippen molar-refractivity contribution in [3.05, 3.63) is 40.3 Å². The van der Waals surface area contributed by atoms with E-state index in [-0.39, 0.29) is 33.4 Å². The molecule has 0 saturated carbocycles. The summed E-state index contributed by atoms with van der Waals surface area (Å²) in [4.78, 5) is 29.3. The molecule has 3 heterocycles. The van der Waals surface area contributed by atoms with Crippen molar-refractivity contribution in [1.82, 2.24) is 19.6 Å². The quantitative estimate of drug-likeness (QED) is 0.469. The van der Waals surface area contributed by atoms with E-state index in [1.54, 1.807) is 0 Å². The maximum Gasteiger partial charge on any atom is 0.337 e. The van der Waals surface area contributed by atoms with Crippen LogP contribution in [0.25, 0.3) is 21.8 Å². The van der Waals surface area contributed by atoms with Crippen LogP contribution in [-0.4, -0.2) is 58.9 Å². The number of aromatic carboxylic acids is 1. The molecule has 0 spiro atoms. The van der Waals surface area contributed by atoms with Gasteiger partial charge in [0.1, 0.15) is 5.52 Å². The van der Waals surface area contributed by atoms with Gasteiger partial charge in [0.25, 0.3) is 5.56 Å². The van der Waals surface area contributed by atoms with E-state index >= 15 is 0 Å². The second-order valence-corrected chi connectivity index (χ2v) is 9.77. The van der Waals surface area contributed by atoms with Crippen LogP contribution >= 0.6 is 0 Å². The van der Waals surface area contributed by atoms with Crippen molar-refractivity contribution in [3.63, 3.8) is 0 Å². The molecule has 0 aliphatic carbocycles. The van der Waals surface area contributed by atoms with Crippen LogP contribution in [0.4, 0.5) is 0 Å². The number of carboxylic acids is 1. The molecule has 0 unspecified atom stereocenters. The van der Waals surface area contributed by atoms with Crippen LogP contribution < -0.4 is 10.9 Å². The van der Waals surface area contributed by atoms with E-state index in [0.717, 1.165) is 19.4 Å². The average Bonchev–Trinajstić information content (AvgIpc) is 3.35. The normalized spacial score (nSPS) is 17.5. The standard InChI is InChI=1S/C20H24N4O5S/c1-11(2)24(10-12-4-3-7-21-12)30(28,29)13-5-6-16-14(8-13)17-15(20(26)27)9-22-18(17)19(25)23-16/h5-6,8-9,11-12,21-22H,3-4,7,10H2,1-2H3,(H,23,25)(H,26,27)/t12-/m0/s1. The number of carbonyl (C=O) groups is 1. The summed E-state index contributed by atoms with van der Waals surface area (Å²) in [6.45, 7) is 4.91. The number of hydrogen-bond acceptors (Lipinski definition) is 5. The van der Waals surface area contributed by atoms with Gasteiger partial charge >= 0.3 is 5.97 Å². The molecule has 1 saturated heterocycles. The fourth-order valence-electron chi connectivity index (χ4n) is 4.09. The van der Waals surface area contributed by atoms with Gasteiger partial charge in [0, 0.05) is 41.1 Å². The molecule has 1 atom stereocenters. The van der Waals surface area contributed by atoms with Crippen LogP contribution in [0.15, 0.2) is 34.1 Å². The molecule has 0 bridgehead atoms. The number of benzene rings is 1. The predicted octanol–water partition coefficient (Wildman–Crippen LogP) is 1.86. The number of rotatable bonds is 6. The zero-order valence-electron chi connectivity index (χ0n) is 16.7. The molecular weight excluding hydrogens is 408 g/mol. The molecule has 0 radical (unpaired) electrons. The molecule has 1 fully saturated rings. The zero-order chi connectivity index (χ0) is 21.6. The van der Waals surface area contributed by atoms with Crippen LogP contribution in [0.5, 0.6) is 0 Å². The highest BCUT2D eigenvalue weighted by Crippen LogP contribution is 2.29. The number of pyridine rings is 1. The van der Waals surface area contributed by atoms with Gasteiger partial charge in [0.2, 0.25) is 10.0 Å².